The number of rotatable bonds is 3. The first kappa shape index (κ1) is 11.6. The topological polar surface area (TPSA) is 12.9 Å². The van der Waals surface area contributed by atoms with Gasteiger partial charge in [0.1, 0.15) is 5.82 Å². The van der Waals surface area contributed by atoms with Crippen LogP contribution in [0.15, 0.2) is 52.1 Å². The van der Waals surface area contributed by atoms with Gasteiger partial charge in [0.2, 0.25) is 0 Å². The molecule has 0 aliphatic rings. The lowest BCUT2D eigenvalue weighted by Crippen LogP contribution is -1.88. The molecular formula is C12H9BrFNS. The van der Waals surface area contributed by atoms with Crippen molar-refractivity contribution >= 4 is 27.7 Å². The summed E-state index contributed by atoms with van der Waals surface area (Å²) in [6.45, 7) is 0. The molecule has 0 aliphatic carbocycles. The Kier molecular flexibility index (Phi) is 3.96. The van der Waals surface area contributed by atoms with Crippen LogP contribution in [0.2, 0.25) is 0 Å². The van der Waals surface area contributed by atoms with Gasteiger partial charge in [-0.15, -0.1) is 11.8 Å². The van der Waals surface area contributed by atoms with Crippen molar-refractivity contribution < 1.29 is 4.39 Å². The number of pyridine rings is 1. The quantitative estimate of drug-likeness (QED) is 0.785. The minimum absolute atomic E-state index is 0.174. The van der Waals surface area contributed by atoms with Gasteiger partial charge in [-0.2, -0.15) is 0 Å². The van der Waals surface area contributed by atoms with E-state index in [1.165, 1.54) is 17.8 Å². The molecule has 2 aromatic rings. The zero-order valence-corrected chi connectivity index (χ0v) is 10.8. The molecule has 0 N–H and O–H groups in total. The molecule has 0 amide bonds. The van der Waals surface area contributed by atoms with Gasteiger partial charge < -0.3 is 0 Å². The van der Waals surface area contributed by atoms with Crippen molar-refractivity contribution in [2.45, 2.75) is 10.8 Å². The van der Waals surface area contributed by atoms with Crippen molar-refractivity contribution in [3.63, 3.8) is 0 Å². The van der Waals surface area contributed by atoms with Gasteiger partial charge in [0.15, 0.2) is 0 Å². The molecule has 4 heteroatoms. The molecule has 0 saturated heterocycles. The van der Waals surface area contributed by atoms with Crippen molar-refractivity contribution in [2.24, 2.45) is 0 Å². The summed E-state index contributed by atoms with van der Waals surface area (Å²) in [7, 11) is 0. The fraction of sp³-hybridized carbons (Fsp3) is 0.0833. The van der Waals surface area contributed by atoms with Crippen molar-refractivity contribution in [3.05, 3.63) is 58.4 Å². The van der Waals surface area contributed by atoms with Crippen molar-refractivity contribution in [3.8, 4) is 0 Å². The van der Waals surface area contributed by atoms with Crippen molar-refractivity contribution in [2.75, 3.05) is 0 Å². The van der Waals surface area contributed by atoms with E-state index in [9.17, 15) is 4.39 Å². The number of benzene rings is 1. The second-order valence-corrected chi connectivity index (χ2v) is 5.10. The number of thioether (sulfide) groups is 1. The van der Waals surface area contributed by atoms with Gasteiger partial charge >= 0.3 is 0 Å². The highest BCUT2D eigenvalue weighted by Gasteiger charge is 2.03. The van der Waals surface area contributed by atoms with Gasteiger partial charge in [0.25, 0.3) is 0 Å². The van der Waals surface area contributed by atoms with Gasteiger partial charge in [-0.05, 0) is 35.9 Å². The molecule has 0 aliphatic heterocycles. The van der Waals surface area contributed by atoms with Gasteiger partial charge in [-0.3, -0.25) is 0 Å². The lowest BCUT2D eigenvalue weighted by atomic mass is 10.2. The number of hydrogen-bond acceptors (Lipinski definition) is 2. The van der Waals surface area contributed by atoms with E-state index >= 15 is 0 Å². The fourth-order valence-electron chi connectivity index (χ4n) is 1.24. The minimum atomic E-state index is -0.174. The highest BCUT2D eigenvalue weighted by molar-refractivity contribution is 9.10. The molecule has 2 rings (SSSR count). The lowest BCUT2D eigenvalue weighted by molar-refractivity contribution is 0.617. The SMILES string of the molecule is Fc1ccc(Br)cc1CSc1ccccn1. The van der Waals surface area contributed by atoms with Crippen molar-refractivity contribution in [1.82, 2.24) is 4.98 Å². The number of aromatic nitrogens is 1. The fourth-order valence-corrected chi connectivity index (χ4v) is 2.48. The van der Waals surface area contributed by atoms with Crippen LogP contribution in [-0.4, -0.2) is 4.98 Å². The molecule has 0 radical (unpaired) electrons. The van der Waals surface area contributed by atoms with Crippen LogP contribution in [0.3, 0.4) is 0 Å². The monoisotopic (exact) mass is 297 g/mol. The normalized spacial score (nSPS) is 10.4. The molecule has 0 unspecified atom stereocenters. The Morgan fingerprint density at radius 3 is 2.88 bits per heavy atom. The van der Waals surface area contributed by atoms with Gasteiger partial charge in [0, 0.05) is 16.4 Å². The zero-order valence-electron chi connectivity index (χ0n) is 8.36. The lowest BCUT2D eigenvalue weighted by Gasteiger charge is -2.03. The van der Waals surface area contributed by atoms with E-state index in [4.69, 9.17) is 0 Å². The molecule has 82 valence electrons. The summed E-state index contributed by atoms with van der Waals surface area (Å²) < 4.78 is 14.3. The van der Waals surface area contributed by atoms with Crippen LogP contribution < -0.4 is 0 Å². The van der Waals surface area contributed by atoms with Crippen molar-refractivity contribution in [1.29, 1.82) is 0 Å². The number of hydrogen-bond donors (Lipinski definition) is 0. The average Bonchev–Trinajstić information content (AvgIpc) is 2.32. The molecule has 0 spiro atoms. The summed E-state index contributed by atoms with van der Waals surface area (Å²) in [5.41, 5.74) is 0.685. The molecule has 1 heterocycles. The van der Waals surface area contributed by atoms with Gasteiger partial charge in [-0.25, -0.2) is 9.37 Å². The van der Waals surface area contributed by atoms with Crippen LogP contribution in [-0.2, 0) is 5.75 Å². The van der Waals surface area contributed by atoms with Crippen LogP contribution in [0.1, 0.15) is 5.56 Å². The molecule has 0 saturated carbocycles. The molecule has 1 aromatic heterocycles. The Bertz CT molecular complexity index is 476. The Morgan fingerprint density at radius 1 is 1.25 bits per heavy atom. The van der Waals surface area contributed by atoms with E-state index < -0.39 is 0 Å². The third kappa shape index (κ3) is 3.06. The smallest absolute Gasteiger partial charge is 0.127 e. The van der Waals surface area contributed by atoms with Crippen LogP contribution in [0.5, 0.6) is 0 Å². The summed E-state index contributed by atoms with van der Waals surface area (Å²) in [6.07, 6.45) is 1.74. The molecular weight excluding hydrogens is 289 g/mol. The van der Waals surface area contributed by atoms with E-state index in [0.717, 1.165) is 9.50 Å². The van der Waals surface area contributed by atoms with Crippen LogP contribution in [0.25, 0.3) is 0 Å². The first-order chi connectivity index (χ1) is 7.75. The zero-order chi connectivity index (χ0) is 11.4. The highest BCUT2D eigenvalue weighted by atomic mass is 79.9. The summed E-state index contributed by atoms with van der Waals surface area (Å²) in [5.74, 6) is 0.411. The highest BCUT2D eigenvalue weighted by Crippen LogP contribution is 2.24. The third-order valence-electron chi connectivity index (χ3n) is 2.02. The van der Waals surface area contributed by atoms with Gasteiger partial charge in [-0.1, -0.05) is 22.0 Å². The Balaban J connectivity index is 2.08. The molecule has 16 heavy (non-hydrogen) atoms. The number of nitrogens with zero attached hydrogens (tertiary/aromatic N) is 1. The number of halogens is 2. The first-order valence-electron chi connectivity index (χ1n) is 4.73. The summed E-state index contributed by atoms with van der Waals surface area (Å²) in [5, 5.41) is 0.905. The summed E-state index contributed by atoms with van der Waals surface area (Å²) in [4.78, 5) is 4.17. The molecule has 0 bridgehead atoms. The minimum Gasteiger partial charge on any atom is -0.250 e. The Morgan fingerprint density at radius 2 is 2.12 bits per heavy atom. The predicted molar refractivity (Wildman–Crippen MR) is 67.9 cm³/mol. The molecule has 0 fully saturated rings. The van der Waals surface area contributed by atoms with E-state index in [1.807, 2.05) is 18.2 Å². The average molecular weight is 298 g/mol. The maximum Gasteiger partial charge on any atom is 0.127 e. The molecule has 0 atom stereocenters. The maximum atomic E-state index is 13.4. The Hall–Kier alpha value is -0.870. The largest absolute Gasteiger partial charge is 0.250 e. The van der Waals surface area contributed by atoms with Gasteiger partial charge in [0.05, 0.1) is 5.03 Å². The predicted octanol–water partition coefficient (Wildman–Crippen LogP) is 4.28. The van der Waals surface area contributed by atoms with Crippen LogP contribution in [0, 0.1) is 5.82 Å². The van der Waals surface area contributed by atoms with Crippen LogP contribution >= 0.6 is 27.7 Å². The molecule has 1 nitrogen and oxygen atoms in total. The Labute approximate surface area is 106 Å². The molecule has 1 aromatic carbocycles. The van der Waals surface area contributed by atoms with E-state index in [2.05, 4.69) is 20.9 Å². The van der Waals surface area contributed by atoms with E-state index in [-0.39, 0.29) is 5.82 Å². The third-order valence-corrected chi connectivity index (χ3v) is 3.51. The van der Waals surface area contributed by atoms with E-state index in [0.29, 0.717) is 11.3 Å². The summed E-state index contributed by atoms with van der Waals surface area (Å²) >= 11 is 4.86. The second-order valence-electron chi connectivity index (χ2n) is 3.19. The standard InChI is InChI=1S/C12H9BrFNS/c13-10-4-5-11(14)9(7-10)8-16-12-3-1-2-6-15-12/h1-7H,8H2. The van der Waals surface area contributed by atoms with E-state index in [1.54, 1.807) is 18.3 Å². The second kappa shape index (κ2) is 5.46. The summed E-state index contributed by atoms with van der Waals surface area (Å²) in [6, 6.07) is 10.7. The first-order valence-corrected chi connectivity index (χ1v) is 6.51. The maximum absolute atomic E-state index is 13.4. The van der Waals surface area contributed by atoms with Crippen LogP contribution in [0.4, 0.5) is 4.39 Å².